The SMILES string of the molecule is C=CCNC(=O)c1cc(Nc2ccc(F)c(Cl)c2)nc(C)n1. The zero-order chi connectivity index (χ0) is 16.1. The number of carbonyl (C=O) groups excluding carboxylic acids is 1. The van der Waals surface area contributed by atoms with Crippen molar-refractivity contribution in [1.82, 2.24) is 15.3 Å². The lowest BCUT2D eigenvalue weighted by atomic mass is 10.3. The molecule has 0 radical (unpaired) electrons. The fourth-order valence-corrected chi connectivity index (χ4v) is 1.91. The molecule has 0 bridgehead atoms. The highest BCUT2D eigenvalue weighted by molar-refractivity contribution is 6.31. The summed E-state index contributed by atoms with van der Waals surface area (Å²) < 4.78 is 13.1. The van der Waals surface area contributed by atoms with Crippen LogP contribution in [0.25, 0.3) is 0 Å². The molecule has 1 aromatic heterocycles. The van der Waals surface area contributed by atoms with E-state index in [4.69, 9.17) is 11.6 Å². The first-order valence-electron chi connectivity index (χ1n) is 6.46. The van der Waals surface area contributed by atoms with Crippen molar-refractivity contribution in [3.05, 3.63) is 59.3 Å². The monoisotopic (exact) mass is 320 g/mol. The maximum atomic E-state index is 13.1. The summed E-state index contributed by atoms with van der Waals surface area (Å²) in [6.07, 6.45) is 1.58. The molecule has 0 spiro atoms. The number of aromatic nitrogens is 2. The molecule has 7 heteroatoms. The molecule has 0 saturated carbocycles. The lowest BCUT2D eigenvalue weighted by Gasteiger charge is -2.09. The summed E-state index contributed by atoms with van der Waals surface area (Å²) in [6.45, 7) is 5.55. The second-order valence-electron chi connectivity index (χ2n) is 4.44. The molecule has 2 rings (SSSR count). The highest BCUT2D eigenvalue weighted by Crippen LogP contribution is 2.22. The van der Waals surface area contributed by atoms with Crippen molar-refractivity contribution in [2.75, 3.05) is 11.9 Å². The maximum absolute atomic E-state index is 13.1. The van der Waals surface area contributed by atoms with Crippen molar-refractivity contribution in [3.63, 3.8) is 0 Å². The van der Waals surface area contributed by atoms with Crippen LogP contribution in [0.1, 0.15) is 16.3 Å². The maximum Gasteiger partial charge on any atom is 0.270 e. The number of aryl methyl sites for hydroxylation is 1. The van der Waals surface area contributed by atoms with Crippen LogP contribution in [0.4, 0.5) is 15.9 Å². The molecule has 114 valence electrons. The zero-order valence-corrected chi connectivity index (χ0v) is 12.6. The molecule has 0 aliphatic heterocycles. The molecule has 0 aliphatic rings. The van der Waals surface area contributed by atoms with Crippen LogP contribution in [0.15, 0.2) is 36.9 Å². The van der Waals surface area contributed by atoms with Gasteiger partial charge in [-0.15, -0.1) is 6.58 Å². The van der Waals surface area contributed by atoms with E-state index in [1.165, 1.54) is 24.3 Å². The van der Waals surface area contributed by atoms with Crippen molar-refractivity contribution in [1.29, 1.82) is 0 Å². The summed E-state index contributed by atoms with van der Waals surface area (Å²) in [5, 5.41) is 5.60. The Hall–Kier alpha value is -2.47. The van der Waals surface area contributed by atoms with Crippen molar-refractivity contribution in [3.8, 4) is 0 Å². The number of carbonyl (C=O) groups is 1. The number of hydrogen-bond donors (Lipinski definition) is 2. The van der Waals surface area contributed by atoms with E-state index in [0.717, 1.165) is 0 Å². The lowest BCUT2D eigenvalue weighted by Crippen LogP contribution is -2.24. The quantitative estimate of drug-likeness (QED) is 0.830. The van der Waals surface area contributed by atoms with Gasteiger partial charge >= 0.3 is 0 Å². The molecule has 2 aromatic rings. The number of benzene rings is 1. The predicted molar refractivity (Wildman–Crippen MR) is 84.0 cm³/mol. The minimum Gasteiger partial charge on any atom is -0.347 e. The van der Waals surface area contributed by atoms with E-state index in [-0.39, 0.29) is 16.6 Å². The number of rotatable bonds is 5. The summed E-state index contributed by atoms with van der Waals surface area (Å²) in [5.41, 5.74) is 0.784. The molecular formula is C15H14ClFN4O. The van der Waals surface area contributed by atoms with Gasteiger partial charge in [0, 0.05) is 18.3 Å². The third-order valence-corrected chi connectivity index (χ3v) is 2.96. The largest absolute Gasteiger partial charge is 0.347 e. The minimum absolute atomic E-state index is 0.000252. The first-order chi connectivity index (χ1) is 10.5. The third kappa shape index (κ3) is 4.02. The number of hydrogen-bond acceptors (Lipinski definition) is 4. The molecule has 22 heavy (non-hydrogen) atoms. The molecular weight excluding hydrogens is 307 g/mol. The van der Waals surface area contributed by atoms with Gasteiger partial charge in [-0.05, 0) is 25.1 Å². The first kappa shape index (κ1) is 15.9. The van der Waals surface area contributed by atoms with Crippen LogP contribution < -0.4 is 10.6 Å². The Labute approximate surface area is 132 Å². The Kier molecular flexibility index (Phi) is 5.06. The Balaban J connectivity index is 2.23. The molecule has 1 heterocycles. The van der Waals surface area contributed by atoms with Gasteiger partial charge in [0.1, 0.15) is 23.2 Å². The van der Waals surface area contributed by atoms with E-state index in [0.29, 0.717) is 23.9 Å². The van der Waals surface area contributed by atoms with Crippen molar-refractivity contribution < 1.29 is 9.18 Å². The van der Waals surface area contributed by atoms with E-state index in [2.05, 4.69) is 27.2 Å². The molecule has 2 N–H and O–H groups in total. The van der Waals surface area contributed by atoms with Crippen LogP contribution in [0, 0.1) is 12.7 Å². The molecule has 0 saturated heterocycles. The Morgan fingerprint density at radius 2 is 2.18 bits per heavy atom. The fourth-order valence-electron chi connectivity index (χ4n) is 1.73. The van der Waals surface area contributed by atoms with Gasteiger partial charge in [-0.2, -0.15) is 0 Å². The van der Waals surface area contributed by atoms with E-state index >= 15 is 0 Å². The van der Waals surface area contributed by atoms with Crippen molar-refractivity contribution in [2.24, 2.45) is 0 Å². The minimum atomic E-state index is -0.504. The van der Waals surface area contributed by atoms with Crippen LogP contribution in [0.2, 0.25) is 5.02 Å². The summed E-state index contributed by atoms with van der Waals surface area (Å²) in [7, 11) is 0. The number of halogens is 2. The number of amides is 1. The zero-order valence-electron chi connectivity index (χ0n) is 11.9. The van der Waals surface area contributed by atoms with E-state index < -0.39 is 5.82 Å². The van der Waals surface area contributed by atoms with Crippen LogP contribution in [0.5, 0.6) is 0 Å². The summed E-state index contributed by atoms with van der Waals surface area (Å²) in [5.74, 6) is 0.0158. The first-order valence-corrected chi connectivity index (χ1v) is 6.84. The van der Waals surface area contributed by atoms with Crippen LogP contribution in [-0.2, 0) is 0 Å². The van der Waals surface area contributed by atoms with E-state index in [1.807, 2.05) is 0 Å². The average Bonchev–Trinajstić information content (AvgIpc) is 2.48. The molecule has 0 atom stereocenters. The Morgan fingerprint density at radius 1 is 1.41 bits per heavy atom. The highest BCUT2D eigenvalue weighted by Gasteiger charge is 2.10. The van der Waals surface area contributed by atoms with Crippen LogP contribution in [-0.4, -0.2) is 22.4 Å². The van der Waals surface area contributed by atoms with Gasteiger partial charge in [0.25, 0.3) is 5.91 Å². The van der Waals surface area contributed by atoms with E-state index in [9.17, 15) is 9.18 Å². The van der Waals surface area contributed by atoms with E-state index in [1.54, 1.807) is 13.0 Å². The second kappa shape index (κ2) is 7.00. The highest BCUT2D eigenvalue weighted by atomic mass is 35.5. The second-order valence-corrected chi connectivity index (χ2v) is 4.85. The fraction of sp³-hybridized carbons (Fsp3) is 0.133. The molecule has 0 aliphatic carbocycles. The van der Waals surface area contributed by atoms with Gasteiger partial charge in [0.2, 0.25) is 0 Å². The summed E-state index contributed by atoms with van der Waals surface area (Å²) in [4.78, 5) is 20.2. The standard InChI is InChI=1S/C15H14ClFN4O/c1-3-6-18-15(22)13-8-14(20-9(2)19-13)21-10-4-5-12(17)11(16)7-10/h3-5,7-8H,1,6H2,2H3,(H,18,22)(H,19,20,21). The molecule has 0 fully saturated rings. The smallest absolute Gasteiger partial charge is 0.270 e. The third-order valence-electron chi connectivity index (χ3n) is 2.67. The van der Waals surface area contributed by atoms with Crippen LogP contribution >= 0.6 is 11.6 Å². The predicted octanol–water partition coefficient (Wildman–Crippen LogP) is 3.24. The molecule has 1 aromatic carbocycles. The van der Waals surface area contributed by atoms with Gasteiger partial charge in [0.15, 0.2) is 0 Å². The normalized spacial score (nSPS) is 10.1. The van der Waals surface area contributed by atoms with Gasteiger partial charge in [-0.25, -0.2) is 14.4 Å². The van der Waals surface area contributed by atoms with Gasteiger partial charge in [-0.1, -0.05) is 17.7 Å². The molecule has 5 nitrogen and oxygen atoms in total. The Bertz CT molecular complexity index is 721. The average molecular weight is 321 g/mol. The lowest BCUT2D eigenvalue weighted by molar-refractivity contribution is 0.0952. The topological polar surface area (TPSA) is 66.9 Å². The Morgan fingerprint density at radius 3 is 2.86 bits per heavy atom. The molecule has 1 amide bonds. The van der Waals surface area contributed by atoms with Gasteiger partial charge in [0.05, 0.1) is 5.02 Å². The number of nitrogens with one attached hydrogen (secondary N) is 2. The number of anilines is 2. The summed E-state index contributed by atoms with van der Waals surface area (Å²) >= 11 is 5.73. The van der Waals surface area contributed by atoms with Gasteiger partial charge in [-0.3, -0.25) is 4.79 Å². The van der Waals surface area contributed by atoms with Gasteiger partial charge < -0.3 is 10.6 Å². The summed E-state index contributed by atoms with van der Waals surface area (Å²) in [6, 6.07) is 5.71. The van der Waals surface area contributed by atoms with Crippen molar-refractivity contribution >= 4 is 29.0 Å². The van der Waals surface area contributed by atoms with Crippen molar-refractivity contribution in [2.45, 2.75) is 6.92 Å². The molecule has 0 unspecified atom stereocenters. The van der Waals surface area contributed by atoms with Crippen LogP contribution in [0.3, 0.4) is 0 Å². The number of nitrogens with zero attached hydrogens (tertiary/aromatic N) is 2.